The molecule has 0 spiro atoms. The molecule has 6 nitrogen and oxygen atoms in total. The van der Waals surface area contributed by atoms with E-state index < -0.39 is 0 Å². The van der Waals surface area contributed by atoms with Crippen LogP contribution in [0.3, 0.4) is 0 Å². The predicted octanol–water partition coefficient (Wildman–Crippen LogP) is 2.40. The van der Waals surface area contributed by atoms with Crippen molar-refractivity contribution in [2.24, 2.45) is 52.1 Å². The van der Waals surface area contributed by atoms with Crippen molar-refractivity contribution in [1.29, 1.82) is 0 Å². The second kappa shape index (κ2) is 8.58. The zero-order valence-electron chi connectivity index (χ0n) is 19.6. The average molecular weight is 437 g/mol. The van der Waals surface area contributed by atoms with Gasteiger partial charge in [-0.2, -0.15) is 0 Å². The summed E-state index contributed by atoms with van der Waals surface area (Å²) in [7, 11) is 0. The van der Waals surface area contributed by atoms with Crippen LogP contribution in [-0.2, 0) is 4.79 Å². The zero-order chi connectivity index (χ0) is 22.6. The molecule has 6 heteroatoms. The first-order valence-electron chi connectivity index (χ1n) is 12.6. The lowest BCUT2D eigenvalue weighted by Crippen LogP contribution is -2.62. The molecule has 0 radical (unpaired) electrons. The van der Waals surface area contributed by atoms with Crippen molar-refractivity contribution in [3.8, 4) is 0 Å². The van der Waals surface area contributed by atoms with Gasteiger partial charge in [0, 0.05) is 6.42 Å². The van der Waals surface area contributed by atoms with Gasteiger partial charge in [-0.1, -0.05) is 20.8 Å². The number of fused-ring (bicyclic) bond motifs is 5. The summed E-state index contributed by atoms with van der Waals surface area (Å²) in [6, 6.07) is 0. The lowest BCUT2D eigenvalue weighted by atomic mass is 9.43. The minimum Gasteiger partial charge on any atom is -0.393 e. The van der Waals surface area contributed by atoms with Gasteiger partial charge in [-0.05, 0) is 97.7 Å². The second-order valence-electron chi connectivity index (χ2n) is 11.8. The van der Waals surface area contributed by atoms with Crippen molar-refractivity contribution in [1.82, 2.24) is 5.32 Å². The summed E-state index contributed by atoms with van der Waals surface area (Å²) < 4.78 is 0. The third kappa shape index (κ3) is 3.75. The normalized spacial score (nSPS) is 50.2. The van der Waals surface area contributed by atoms with Crippen LogP contribution >= 0.6 is 0 Å². The van der Waals surface area contributed by atoms with Crippen molar-refractivity contribution >= 4 is 5.91 Å². The van der Waals surface area contributed by atoms with Crippen molar-refractivity contribution in [2.75, 3.05) is 6.67 Å². The topological polar surface area (TPSA) is 116 Å². The van der Waals surface area contributed by atoms with E-state index in [1.165, 1.54) is 0 Å². The lowest BCUT2D eigenvalue weighted by molar-refractivity contribution is -0.207. The highest BCUT2D eigenvalue weighted by atomic mass is 16.3. The Hall–Kier alpha value is -0.690. The molecule has 4 fully saturated rings. The molecule has 11 atom stereocenters. The maximum absolute atomic E-state index is 11.9. The number of rotatable bonds is 5. The van der Waals surface area contributed by atoms with E-state index in [4.69, 9.17) is 5.73 Å². The summed E-state index contributed by atoms with van der Waals surface area (Å²) in [6.07, 6.45) is 6.62. The number of amides is 1. The molecule has 178 valence electrons. The highest BCUT2D eigenvalue weighted by Crippen LogP contribution is 2.68. The van der Waals surface area contributed by atoms with E-state index in [-0.39, 0.29) is 47.6 Å². The van der Waals surface area contributed by atoms with Crippen molar-refractivity contribution < 1.29 is 20.1 Å². The van der Waals surface area contributed by atoms with Crippen LogP contribution in [0.2, 0.25) is 0 Å². The molecular weight excluding hydrogens is 392 g/mol. The van der Waals surface area contributed by atoms with Gasteiger partial charge in [0.15, 0.2) is 0 Å². The Morgan fingerprint density at radius 3 is 2.55 bits per heavy atom. The molecule has 31 heavy (non-hydrogen) atoms. The van der Waals surface area contributed by atoms with Gasteiger partial charge in [0.05, 0.1) is 25.0 Å². The van der Waals surface area contributed by atoms with Crippen LogP contribution in [0.5, 0.6) is 0 Å². The van der Waals surface area contributed by atoms with Crippen molar-refractivity contribution in [2.45, 2.75) is 96.9 Å². The van der Waals surface area contributed by atoms with Crippen LogP contribution in [0.4, 0.5) is 0 Å². The Labute approximate surface area is 187 Å². The van der Waals surface area contributed by atoms with Crippen molar-refractivity contribution in [3.63, 3.8) is 0 Å². The fourth-order valence-corrected chi connectivity index (χ4v) is 8.89. The molecule has 0 aliphatic heterocycles. The molecule has 4 saturated carbocycles. The van der Waals surface area contributed by atoms with Gasteiger partial charge in [-0.25, -0.2) is 0 Å². The number of hydrogen-bond donors (Lipinski definition) is 5. The van der Waals surface area contributed by atoms with E-state index in [9.17, 15) is 20.1 Å². The second-order valence-corrected chi connectivity index (χ2v) is 11.8. The molecule has 1 amide bonds. The Balaban J connectivity index is 1.54. The van der Waals surface area contributed by atoms with Crippen LogP contribution in [0, 0.1) is 46.3 Å². The zero-order valence-corrected chi connectivity index (χ0v) is 19.6. The van der Waals surface area contributed by atoms with E-state index in [2.05, 4.69) is 26.1 Å². The third-order valence-corrected chi connectivity index (χ3v) is 10.6. The predicted molar refractivity (Wildman–Crippen MR) is 120 cm³/mol. The first-order chi connectivity index (χ1) is 14.6. The SMILES string of the molecule is C[C@H](CCC(=O)NCN)[C@H]1CC[C@H]2[C@@H]3[C@H](O)C[C@@H]4C[C@H](O)CC[C@]4(C)[C@H]3C[C@H](O)[C@]12C. The summed E-state index contributed by atoms with van der Waals surface area (Å²) in [6.45, 7) is 7.03. The Bertz CT molecular complexity index is 674. The summed E-state index contributed by atoms with van der Waals surface area (Å²) in [4.78, 5) is 11.9. The van der Waals surface area contributed by atoms with Gasteiger partial charge in [0.2, 0.25) is 5.91 Å². The van der Waals surface area contributed by atoms with Gasteiger partial charge >= 0.3 is 0 Å². The highest BCUT2D eigenvalue weighted by molar-refractivity contribution is 5.75. The molecule has 0 bridgehead atoms. The Morgan fingerprint density at radius 1 is 1.10 bits per heavy atom. The van der Waals surface area contributed by atoms with Crippen LogP contribution in [-0.4, -0.2) is 46.2 Å². The largest absolute Gasteiger partial charge is 0.393 e. The fraction of sp³-hybridized carbons (Fsp3) is 0.960. The van der Waals surface area contributed by atoms with E-state index in [0.717, 1.165) is 51.4 Å². The van der Waals surface area contributed by atoms with E-state index in [1.807, 2.05) is 0 Å². The smallest absolute Gasteiger partial charge is 0.220 e. The molecule has 0 aromatic carbocycles. The maximum Gasteiger partial charge on any atom is 0.220 e. The molecule has 0 saturated heterocycles. The third-order valence-electron chi connectivity index (χ3n) is 10.6. The molecule has 0 unspecified atom stereocenters. The number of nitrogens with two attached hydrogens (primary N) is 1. The van der Waals surface area contributed by atoms with Crippen LogP contribution in [0.15, 0.2) is 0 Å². The molecule has 6 N–H and O–H groups in total. The number of carbonyl (C=O) groups is 1. The molecule has 4 aliphatic rings. The highest BCUT2D eigenvalue weighted by Gasteiger charge is 2.65. The van der Waals surface area contributed by atoms with Gasteiger partial charge < -0.3 is 26.4 Å². The fourth-order valence-electron chi connectivity index (χ4n) is 8.89. The number of nitrogens with one attached hydrogen (secondary N) is 1. The van der Waals surface area contributed by atoms with E-state index in [0.29, 0.717) is 36.0 Å². The maximum atomic E-state index is 11.9. The molecule has 4 aliphatic carbocycles. The first-order valence-corrected chi connectivity index (χ1v) is 12.6. The minimum absolute atomic E-state index is 0.000498. The monoisotopic (exact) mass is 436 g/mol. The summed E-state index contributed by atoms with van der Waals surface area (Å²) in [5, 5.41) is 35.8. The summed E-state index contributed by atoms with van der Waals surface area (Å²) >= 11 is 0. The average Bonchev–Trinajstić information content (AvgIpc) is 3.07. The first kappa shape index (κ1) is 23.5. The van der Waals surface area contributed by atoms with Crippen LogP contribution in [0.1, 0.15) is 78.6 Å². The lowest BCUT2D eigenvalue weighted by Gasteiger charge is -2.63. The number of aliphatic hydroxyl groups excluding tert-OH is 3. The van der Waals surface area contributed by atoms with E-state index in [1.54, 1.807) is 0 Å². The summed E-state index contributed by atoms with van der Waals surface area (Å²) in [5.41, 5.74) is 5.32. The number of hydrogen-bond acceptors (Lipinski definition) is 5. The van der Waals surface area contributed by atoms with Crippen molar-refractivity contribution in [3.05, 3.63) is 0 Å². The Kier molecular flexibility index (Phi) is 6.50. The van der Waals surface area contributed by atoms with Gasteiger partial charge in [-0.3, -0.25) is 4.79 Å². The molecule has 0 aromatic rings. The van der Waals surface area contributed by atoms with Gasteiger partial charge in [0.25, 0.3) is 0 Å². The van der Waals surface area contributed by atoms with Crippen LogP contribution in [0.25, 0.3) is 0 Å². The number of aliphatic hydroxyl groups is 3. The molecule has 0 heterocycles. The standard InChI is InChI=1S/C25H44N2O4/c1-14(4-7-22(31)27-13-26)17-5-6-18-23-19(12-21(30)25(17,18)3)24(2)9-8-16(28)10-15(24)11-20(23)29/h14-21,23,28-30H,4-13,26H2,1-3H3,(H,27,31)/t14-,15+,16-,17-,18+,19+,20-,21+,23+,24+,25-/m1/s1. The number of carbonyl (C=O) groups excluding carboxylic acids is 1. The minimum atomic E-state index is -0.374. The van der Waals surface area contributed by atoms with Gasteiger partial charge in [-0.15, -0.1) is 0 Å². The Morgan fingerprint density at radius 2 is 1.84 bits per heavy atom. The van der Waals surface area contributed by atoms with E-state index >= 15 is 0 Å². The molecule has 0 aromatic heterocycles. The van der Waals surface area contributed by atoms with Crippen LogP contribution < -0.4 is 11.1 Å². The summed E-state index contributed by atoms with van der Waals surface area (Å²) in [5.74, 6) is 1.95. The molecule has 4 rings (SSSR count). The quantitative estimate of drug-likeness (QED) is 0.425. The van der Waals surface area contributed by atoms with Gasteiger partial charge in [0.1, 0.15) is 0 Å². The molecular formula is C25H44N2O4.